The largest absolute Gasteiger partial charge is 0.477 e. The lowest BCUT2D eigenvalue weighted by Crippen LogP contribution is -2.50. The second-order valence-electron chi connectivity index (χ2n) is 15.9. The molecule has 0 fully saturated rings. The van der Waals surface area contributed by atoms with Crippen LogP contribution in [0.1, 0.15) is 162 Å². The first-order valence-corrected chi connectivity index (χ1v) is 22.6. The predicted octanol–water partition coefficient (Wildman–Crippen LogP) is 12.5. The SMILES string of the molecule is CC/C=C/C/C=C/C/C=C/C/C=C/C/C=C/CCCCCCCCC(=O)OCC(COCCC(C(=O)O)[N+](C)(C)C)OC(=O)CCCCCCC/C=C/C/C=C/CC. The van der Waals surface area contributed by atoms with E-state index in [9.17, 15) is 19.5 Å². The molecule has 1 N–H and O–H groups in total. The summed E-state index contributed by atoms with van der Waals surface area (Å²) in [6.07, 6.45) is 52.0. The second kappa shape index (κ2) is 40.3. The molecule has 0 saturated carbocycles. The number of allylic oxidation sites excluding steroid dienone is 14. The Morgan fingerprint density at radius 2 is 0.914 bits per heavy atom. The summed E-state index contributed by atoms with van der Waals surface area (Å²) in [5, 5.41) is 9.62. The molecule has 0 aliphatic carbocycles. The van der Waals surface area contributed by atoms with Crippen LogP contribution in [0.5, 0.6) is 0 Å². The summed E-state index contributed by atoms with van der Waals surface area (Å²) in [5.74, 6) is -1.52. The van der Waals surface area contributed by atoms with Gasteiger partial charge in [0.2, 0.25) is 0 Å². The van der Waals surface area contributed by atoms with Gasteiger partial charge in [-0.15, -0.1) is 0 Å². The molecule has 0 radical (unpaired) electrons. The van der Waals surface area contributed by atoms with Crippen LogP contribution < -0.4 is 0 Å². The smallest absolute Gasteiger partial charge is 0.362 e. The van der Waals surface area contributed by atoms with E-state index in [0.29, 0.717) is 19.3 Å². The van der Waals surface area contributed by atoms with Gasteiger partial charge in [0.25, 0.3) is 0 Å². The molecule has 8 heteroatoms. The number of esters is 2. The molecule has 0 aromatic heterocycles. The van der Waals surface area contributed by atoms with E-state index in [0.717, 1.165) is 116 Å². The zero-order chi connectivity index (χ0) is 42.8. The van der Waals surface area contributed by atoms with Crippen LogP contribution in [0.25, 0.3) is 0 Å². The van der Waals surface area contributed by atoms with Gasteiger partial charge < -0.3 is 23.8 Å². The molecule has 2 atom stereocenters. The van der Waals surface area contributed by atoms with Gasteiger partial charge in [0.1, 0.15) is 6.61 Å². The van der Waals surface area contributed by atoms with Crippen LogP contribution in [-0.2, 0) is 28.6 Å². The lowest BCUT2D eigenvalue weighted by atomic mass is 10.1. The van der Waals surface area contributed by atoms with Gasteiger partial charge in [-0.2, -0.15) is 0 Å². The normalized spacial score (nSPS) is 13.7. The Morgan fingerprint density at radius 1 is 0.517 bits per heavy atom. The molecule has 0 spiro atoms. The van der Waals surface area contributed by atoms with Crippen LogP contribution in [0.15, 0.2) is 85.1 Å². The summed E-state index contributed by atoms with van der Waals surface area (Å²) < 4.78 is 17.2. The number of unbranched alkanes of at least 4 members (excludes halogenated alkanes) is 11. The third-order valence-corrected chi connectivity index (χ3v) is 9.54. The summed E-state index contributed by atoms with van der Waals surface area (Å²) in [6, 6.07) is -0.623. The average Bonchev–Trinajstić information content (AvgIpc) is 3.18. The molecule has 2 unspecified atom stereocenters. The van der Waals surface area contributed by atoms with Gasteiger partial charge in [0.15, 0.2) is 12.1 Å². The van der Waals surface area contributed by atoms with Crippen molar-refractivity contribution in [2.75, 3.05) is 41.0 Å². The summed E-state index contributed by atoms with van der Waals surface area (Å²) in [7, 11) is 5.51. The number of quaternary nitrogens is 1. The third kappa shape index (κ3) is 38.1. The van der Waals surface area contributed by atoms with Gasteiger partial charge in [0.05, 0.1) is 34.4 Å². The van der Waals surface area contributed by atoms with Crippen molar-refractivity contribution >= 4 is 17.9 Å². The number of nitrogens with zero attached hydrogens (tertiary/aromatic N) is 1. The lowest BCUT2D eigenvalue weighted by molar-refractivity contribution is -0.887. The van der Waals surface area contributed by atoms with E-state index in [1.54, 1.807) is 0 Å². The number of rotatable bonds is 39. The second-order valence-corrected chi connectivity index (χ2v) is 15.9. The topological polar surface area (TPSA) is 99.1 Å². The maximum absolute atomic E-state index is 12.7. The van der Waals surface area contributed by atoms with E-state index in [1.807, 2.05) is 21.1 Å². The van der Waals surface area contributed by atoms with Gasteiger partial charge in [-0.1, -0.05) is 144 Å². The summed E-state index contributed by atoms with van der Waals surface area (Å²) in [5.41, 5.74) is 0. The van der Waals surface area contributed by atoms with Gasteiger partial charge in [-0.3, -0.25) is 9.59 Å². The standard InChI is InChI=1S/C50H83NO7/c1-6-8-10-12-14-16-18-20-21-22-23-24-25-26-27-28-29-31-32-34-36-38-40-48(52)57-45-46(44-56-43-42-47(50(54)55)51(3,4)5)58-49(53)41-39-37-35-33-30-19-17-15-13-11-9-7-2/h8-11,14-17,20-21,23-24,26-27,46-47H,6-7,12-13,18-19,22,25,28-45H2,1-5H3/p+1/b10-8+,11-9+,16-14+,17-15+,21-20+,24-23+,27-26+. The Balaban J connectivity index is 4.33. The highest BCUT2D eigenvalue weighted by Crippen LogP contribution is 2.13. The maximum Gasteiger partial charge on any atom is 0.362 e. The molecule has 330 valence electrons. The zero-order valence-corrected chi connectivity index (χ0v) is 37.5. The van der Waals surface area contributed by atoms with E-state index >= 15 is 0 Å². The van der Waals surface area contributed by atoms with Gasteiger partial charge in [0, 0.05) is 19.3 Å². The first-order chi connectivity index (χ1) is 28.1. The Morgan fingerprint density at radius 3 is 1.34 bits per heavy atom. The fourth-order valence-electron chi connectivity index (χ4n) is 6.10. The number of carboxylic acid groups (broad SMARTS) is 1. The van der Waals surface area contributed by atoms with Crippen molar-refractivity contribution in [1.82, 2.24) is 0 Å². The van der Waals surface area contributed by atoms with E-state index < -0.39 is 18.1 Å². The molecule has 0 aliphatic rings. The highest BCUT2D eigenvalue weighted by molar-refractivity contribution is 5.72. The first-order valence-electron chi connectivity index (χ1n) is 22.6. The number of ether oxygens (including phenoxy) is 3. The molecular weight excluding hydrogens is 727 g/mol. The minimum absolute atomic E-state index is 0.0455. The molecule has 0 bridgehead atoms. The van der Waals surface area contributed by atoms with Crippen LogP contribution in [0.3, 0.4) is 0 Å². The minimum atomic E-state index is -0.884. The molecule has 0 heterocycles. The number of carbonyl (C=O) groups excluding carboxylic acids is 2. The van der Waals surface area contributed by atoms with E-state index in [1.165, 1.54) is 12.8 Å². The van der Waals surface area contributed by atoms with Crippen molar-refractivity contribution in [1.29, 1.82) is 0 Å². The Hall–Kier alpha value is -3.49. The third-order valence-electron chi connectivity index (χ3n) is 9.54. The van der Waals surface area contributed by atoms with E-state index in [-0.39, 0.29) is 36.2 Å². The fourth-order valence-corrected chi connectivity index (χ4v) is 6.10. The number of likely N-dealkylation sites (N-methyl/N-ethyl adjacent to an activating group) is 1. The summed E-state index contributed by atoms with van der Waals surface area (Å²) in [6.45, 7) is 4.46. The van der Waals surface area contributed by atoms with Crippen molar-refractivity contribution in [2.24, 2.45) is 0 Å². The molecule has 0 aromatic carbocycles. The van der Waals surface area contributed by atoms with Crippen molar-refractivity contribution < 1.29 is 38.2 Å². The van der Waals surface area contributed by atoms with Crippen molar-refractivity contribution in [3.63, 3.8) is 0 Å². The predicted molar refractivity (Wildman–Crippen MR) is 243 cm³/mol. The molecule has 0 amide bonds. The van der Waals surface area contributed by atoms with E-state index in [4.69, 9.17) is 14.2 Å². The monoisotopic (exact) mass is 811 g/mol. The highest BCUT2D eigenvalue weighted by atomic mass is 16.6. The number of carbonyl (C=O) groups is 3. The van der Waals surface area contributed by atoms with Crippen molar-refractivity contribution in [2.45, 2.75) is 174 Å². The maximum atomic E-state index is 12.7. The molecule has 0 aliphatic heterocycles. The van der Waals surface area contributed by atoms with Gasteiger partial charge in [-0.05, 0) is 83.5 Å². The average molecular weight is 811 g/mol. The van der Waals surface area contributed by atoms with Crippen LogP contribution in [0.2, 0.25) is 0 Å². The summed E-state index contributed by atoms with van der Waals surface area (Å²) >= 11 is 0. The zero-order valence-electron chi connectivity index (χ0n) is 37.5. The number of aliphatic carboxylic acids is 1. The van der Waals surface area contributed by atoms with Crippen LogP contribution >= 0.6 is 0 Å². The van der Waals surface area contributed by atoms with Crippen LogP contribution in [0, 0.1) is 0 Å². The Labute approximate surface area is 354 Å². The van der Waals surface area contributed by atoms with Crippen molar-refractivity contribution in [3.8, 4) is 0 Å². The van der Waals surface area contributed by atoms with Gasteiger partial charge in [-0.25, -0.2) is 4.79 Å². The summed E-state index contributed by atoms with van der Waals surface area (Å²) in [4.78, 5) is 37.0. The first kappa shape index (κ1) is 54.5. The van der Waals surface area contributed by atoms with Crippen LogP contribution in [0.4, 0.5) is 0 Å². The molecule has 0 saturated heterocycles. The minimum Gasteiger partial charge on any atom is -0.477 e. The molecular formula is C50H84NO7+. The molecule has 58 heavy (non-hydrogen) atoms. The van der Waals surface area contributed by atoms with E-state index in [2.05, 4.69) is 98.9 Å². The molecule has 0 rings (SSSR count). The number of hydrogen-bond donors (Lipinski definition) is 1. The van der Waals surface area contributed by atoms with Gasteiger partial charge >= 0.3 is 17.9 Å². The molecule has 0 aromatic rings. The number of hydrogen-bond acceptors (Lipinski definition) is 6. The highest BCUT2D eigenvalue weighted by Gasteiger charge is 2.31. The lowest BCUT2D eigenvalue weighted by Gasteiger charge is -2.31. The quantitative estimate of drug-likeness (QED) is 0.0286. The molecule has 8 nitrogen and oxygen atoms in total. The Bertz CT molecular complexity index is 1220. The number of carboxylic acids is 1. The van der Waals surface area contributed by atoms with Crippen LogP contribution in [-0.4, -0.2) is 80.6 Å². The Kier molecular flexibility index (Phi) is 37.9. The van der Waals surface area contributed by atoms with Crippen molar-refractivity contribution in [3.05, 3.63) is 85.1 Å². The fraction of sp³-hybridized carbons (Fsp3) is 0.660.